The summed E-state index contributed by atoms with van der Waals surface area (Å²) in [6.07, 6.45) is 3.99. The van der Waals surface area contributed by atoms with Crippen LogP contribution in [0.1, 0.15) is 49.0 Å². The molecule has 138 valence electrons. The van der Waals surface area contributed by atoms with Crippen molar-refractivity contribution in [2.24, 2.45) is 17.8 Å². The van der Waals surface area contributed by atoms with Gasteiger partial charge in [0, 0.05) is 55.0 Å². The molecule has 4 atom stereocenters. The Morgan fingerprint density at radius 1 is 1.32 bits per heavy atom. The molecule has 3 fully saturated rings. The Kier molecular flexibility index (Phi) is 4.91. The van der Waals surface area contributed by atoms with Gasteiger partial charge in [-0.05, 0) is 57.1 Å². The zero-order chi connectivity index (χ0) is 17.6. The average Bonchev–Trinajstić information content (AvgIpc) is 2.97. The van der Waals surface area contributed by atoms with E-state index in [1.807, 2.05) is 23.3 Å². The van der Waals surface area contributed by atoms with Crippen molar-refractivity contribution in [1.82, 2.24) is 9.80 Å². The lowest BCUT2D eigenvalue weighted by molar-refractivity contribution is -0.133. The van der Waals surface area contributed by atoms with E-state index in [0.29, 0.717) is 29.9 Å². The number of nitrogens with zero attached hydrogens (tertiary/aromatic N) is 2. The molecule has 4 rings (SSSR count). The van der Waals surface area contributed by atoms with Crippen LogP contribution in [0, 0.1) is 17.8 Å². The molecule has 3 aliphatic rings. The van der Waals surface area contributed by atoms with Crippen LogP contribution in [0.5, 0.6) is 0 Å². The van der Waals surface area contributed by atoms with E-state index in [1.165, 1.54) is 29.0 Å². The van der Waals surface area contributed by atoms with Crippen LogP contribution in [0.2, 0.25) is 0 Å². The highest BCUT2D eigenvalue weighted by Gasteiger charge is 2.59. The highest BCUT2D eigenvalue weighted by molar-refractivity contribution is 7.12. The lowest BCUT2D eigenvalue weighted by Crippen LogP contribution is -2.37. The fourth-order valence-corrected chi connectivity index (χ4v) is 5.58. The summed E-state index contributed by atoms with van der Waals surface area (Å²) in [4.78, 5) is 19.8. The molecule has 2 unspecified atom stereocenters. The van der Waals surface area contributed by atoms with Gasteiger partial charge in [-0.1, -0.05) is 0 Å². The number of piperidine rings is 1. The molecular weight excluding hydrogens is 332 g/mol. The molecule has 2 aliphatic heterocycles. The molecule has 3 heterocycles. The Bertz CT molecular complexity index is 611. The molecule has 0 radical (unpaired) electrons. The van der Waals surface area contributed by atoms with Gasteiger partial charge in [-0.2, -0.15) is 0 Å². The van der Waals surface area contributed by atoms with Crippen molar-refractivity contribution in [3.63, 3.8) is 0 Å². The maximum absolute atomic E-state index is 12.5. The van der Waals surface area contributed by atoms with E-state index >= 15 is 0 Å². The Hall–Kier alpha value is -0.910. The number of carbonyl (C=O) groups is 1. The number of ether oxygens (including phenoxy) is 1. The van der Waals surface area contributed by atoms with Crippen molar-refractivity contribution >= 4 is 17.2 Å². The quantitative estimate of drug-likeness (QED) is 0.803. The van der Waals surface area contributed by atoms with Crippen LogP contribution in [0.3, 0.4) is 0 Å². The van der Waals surface area contributed by atoms with E-state index in [0.717, 1.165) is 26.2 Å². The zero-order valence-corrected chi connectivity index (χ0v) is 16.4. The minimum atomic E-state index is 0.290. The van der Waals surface area contributed by atoms with Gasteiger partial charge in [0.15, 0.2) is 0 Å². The van der Waals surface area contributed by atoms with Gasteiger partial charge in [0.25, 0.3) is 0 Å². The second kappa shape index (κ2) is 7.01. The molecule has 0 N–H and O–H groups in total. The number of carbonyl (C=O) groups excluding carboxylic acids is 1. The maximum atomic E-state index is 12.5. The number of hydrogen-bond donors (Lipinski definition) is 0. The first-order chi connectivity index (χ1) is 12.0. The number of amides is 1. The molecule has 1 aromatic heterocycles. The molecule has 5 heteroatoms. The van der Waals surface area contributed by atoms with Gasteiger partial charge >= 0.3 is 0 Å². The van der Waals surface area contributed by atoms with Gasteiger partial charge in [0.1, 0.15) is 0 Å². The molecule has 0 aromatic carbocycles. The lowest BCUT2D eigenvalue weighted by atomic mass is 10.1. The predicted octanol–water partition coefficient (Wildman–Crippen LogP) is 3.53. The molecule has 1 amide bonds. The topological polar surface area (TPSA) is 32.8 Å². The van der Waals surface area contributed by atoms with Gasteiger partial charge < -0.3 is 9.64 Å². The van der Waals surface area contributed by atoms with Gasteiger partial charge in [-0.3, -0.25) is 9.69 Å². The summed E-state index contributed by atoms with van der Waals surface area (Å²) in [5.74, 6) is 1.83. The summed E-state index contributed by atoms with van der Waals surface area (Å²) < 4.78 is 5.91. The normalized spacial score (nSPS) is 32.0. The van der Waals surface area contributed by atoms with Crippen molar-refractivity contribution in [2.75, 3.05) is 26.7 Å². The zero-order valence-electron chi connectivity index (χ0n) is 15.6. The van der Waals surface area contributed by atoms with E-state index < -0.39 is 0 Å². The number of rotatable bonds is 5. The van der Waals surface area contributed by atoms with E-state index in [1.54, 1.807) is 0 Å². The molecule has 4 nitrogen and oxygen atoms in total. The summed E-state index contributed by atoms with van der Waals surface area (Å²) >= 11 is 1.92. The van der Waals surface area contributed by atoms with Crippen LogP contribution < -0.4 is 0 Å². The van der Waals surface area contributed by atoms with Crippen molar-refractivity contribution in [2.45, 2.75) is 51.8 Å². The van der Waals surface area contributed by atoms with E-state index in [9.17, 15) is 4.79 Å². The van der Waals surface area contributed by atoms with Gasteiger partial charge in [0.2, 0.25) is 5.91 Å². The highest BCUT2D eigenvalue weighted by Crippen LogP contribution is 2.53. The standard InChI is InChI=1S/C20H30N2O2S/c1-13(2)21(3)20(23)19-15-11-22(12-16(15)19)10-14-7-8-18(25-14)17-6-4-5-9-24-17/h7-8,13,15-17,19H,4-6,9-12H2,1-3H3/t15-,16+,17?,19?. The molecule has 0 spiro atoms. The van der Waals surface area contributed by atoms with Gasteiger partial charge in [-0.15, -0.1) is 11.3 Å². The minimum absolute atomic E-state index is 0.290. The first-order valence-corrected chi connectivity index (χ1v) is 10.6. The molecule has 1 aromatic rings. The number of thiophene rings is 1. The molecule has 2 saturated heterocycles. The van der Waals surface area contributed by atoms with Crippen LogP contribution in [-0.4, -0.2) is 48.5 Å². The van der Waals surface area contributed by atoms with Crippen molar-refractivity contribution in [3.8, 4) is 0 Å². The van der Waals surface area contributed by atoms with Crippen LogP contribution in [-0.2, 0) is 16.1 Å². The van der Waals surface area contributed by atoms with E-state index in [4.69, 9.17) is 4.74 Å². The summed E-state index contributed by atoms with van der Waals surface area (Å²) in [7, 11) is 1.94. The fraction of sp³-hybridized carbons (Fsp3) is 0.750. The number of hydrogen-bond acceptors (Lipinski definition) is 4. The van der Waals surface area contributed by atoms with Crippen LogP contribution in [0.25, 0.3) is 0 Å². The third-order valence-corrected chi connectivity index (χ3v) is 7.40. The fourth-order valence-electron chi connectivity index (χ4n) is 4.44. The minimum Gasteiger partial charge on any atom is -0.373 e. The monoisotopic (exact) mass is 362 g/mol. The summed E-state index contributed by atoms with van der Waals surface area (Å²) in [6.45, 7) is 8.29. The first kappa shape index (κ1) is 17.5. The van der Waals surface area contributed by atoms with Crippen LogP contribution in [0.15, 0.2) is 12.1 Å². The maximum Gasteiger partial charge on any atom is 0.226 e. The van der Waals surface area contributed by atoms with E-state index in [-0.39, 0.29) is 5.92 Å². The molecule has 0 bridgehead atoms. The molecule has 25 heavy (non-hydrogen) atoms. The first-order valence-electron chi connectivity index (χ1n) is 9.74. The Morgan fingerprint density at radius 2 is 2.08 bits per heavy atom. The molecule has 1 aliphatic carbocycles. The van der Waals surface area contributed by atoms with Crippen molar-refractivity contribution < 1.29 is 9.53 Å². The van der Waals surface area contributed by atoms with Crippen molar-refractivity contribution in [1.29, 1.82) is 0 Å². The molecular formula is C20H30N2O2S. The third-order valence-electron chi connectivity index (χ3n) is 6.24. The largest absolute Gasteiger partial charge is 0.373 e. The smallest absolute Gasteiger partial charge is 0.226 e. The Balaban J connectivity index is 1.28. The average molecular weight is 363 g/mol. The highest BCUT2D eigenvalue weighted by atomic mass is 32.1. The SMILES string of the molecule is CC(C)N(C)C(=O)C1[C@H]2CN(Cc3ccc(C4CCCCO4)s3)C[C@@H]12. The van der Waals surface area contributed by atoms with Gasteiger partial charge in [0.05, 0.1) is 6.10 Å². The van der Waals surface area contributed by atoms with Crippen LogP contribution >= 0.6 is 11.3 Å². The predicted molar refractivity (Wildman–Crippen MR) is 101 cm³/mol. The van der Waals surface area contributed by atoms with Gasteiger partial charge in [-0.25, -0.2) is 0 Å². The third kappa shape index (κ3) is 3.51. The lowest BCUT2D eigenvalue weighted by Gasteiger charge is -2.24. The molecule has 1 saturated carbocycles. The second-order valence-electron chi connectivity index (χ2n) is 8.25. The summed E-state index contributed by atoms with van der Waals surface area (Å²) in [6, 6.07) is 4.84. The Labute approximate surface area is 155 Å². The number of likely N-dealkylation sites (tertiary alicyclic amines) is 1. The summed E-state index contributed by atoms with van der Waals surface area (Å²) in [5, 5.41) is 0. The van der Waals surface area contributed by atoms with Crippen LogP contribution in [0.4, 0.5) is 0 Å². The van der Waals surface area contributed by atoms with Crippen molar-refractivity contribution in [3.05, 3.63) is 21.9 Å². The second-order valence-corrected chi connectivity index (χ2v) is 9.45. The van der Waals surface area contributed by atoms with E-state index in [2.05, 4.69) is 30.9 Å². The number of fused-ring (bicyclic) bond motifs is 1. The Morgan fingerprint density at radius 3 is 2.72 bits per heavy atom. The summed E-state index contributed by atoms with van der Waals surface area (Å²) in [5.41, 5.74) is 0.